The van der Waals surface area contributed by atoms with Crippen LogP contribution < -0.4 is 16.4 Å². The van der Waals surface area contributed by atoms with Gasteiger partial charge in [-0.15, -0.1) is 11.8 Å². The molecule has 2 aromatic carbocycles. The zero-order valence-corrected chi connectivity index (χ0v) is 13.4. The molecular weight excluding hydrogens is 310 g/mol. The summed E-state index contributed by atoms with van der Waals surface area (Å²) in [5.74, 6) is 0.825. The highest BCUT2D eigenvalue weighted by atomic mass is 32.2. The first-order valence-corrected chi connectivity index (χ1v) is 8.26. The van der Waals surface area contributed by atoms with Gasteiger partial charge in [0.15, 0.2) is 0 Å². The lowest BCUT2D eigenvalue weighted by Crippen LogP contribution is -2.25. The van der Waals surface area contributed by atoms with Crippen molar-refractivity contribution in [3.63, 3.8) is 0 Å². The molecule has 0 bridgehead atoms. The van der Waals surface area contributed by atoms with Crippen molar-refractivity contribution in [2.75, 3.05) is 17.6 Å². The largest absolute Gasteiger partial charge is 0.352 e. The summed E-state index contributed by atoms with van der Waals surface area (Å²) in [7, 11) is 0. The number of nitrogens with one attached hydrogen (secondary N) is 2. The molecule has 0 aromatic heterocycles. The summed E-state index contributed by atoms with van der Waals surface area (Å²) in [6.07, 6.45) is 0.895. The van der Waals surface area contributed by atoms with Crippen LogP contribution in [0, 0.1) is 0 Å². The van der Waals surface area contributed by atoms with E-state index in [9.17, 15) is 9.59 Å². The van der Waals surface area contributed by atoms with Crippen LogP contribution in [0.5, 0.6) is 0 Å². The van der Waals surface area contributed by atoms with Crippen LogP contribution in [0.2, 0.25) is 0 Å². The number of primary amides is 1. The van der Waals surface area contributed by atoms with Gasteiger partial charge in [-0.05, 0) is 48.6 Å². The van der Waals surface area contributed by atoms with E-state index in [1.807, 2.05) is 18.2 Å². The van der Waals surface area contributed by atoms with Crippen molar-refractivity contribution < 1.29 is 9.59 Å². The molecule has 0 aliphatic heterocycles. The molecule has 23 heavy (non-hydrogen) atoms. The predicted molar refractivity (Wildman–Crippen MR) is 93.8 cm³/mol. The van der Waals surface area contributed by atoms with E-state index in [0.29, 0.717) is 17.8 Å². The van der Waals surface area contributed by atoms with E-state index in [4.69, 9.17) is 5.73 Å². The third-order valence-corrected chi connectivity index (χ3v) is 4.13. The molecule has 6 heteroatoms. The maximum atomic E-state index is 12.0. The Morgan fingerprint density at radius 1 is 1.00 bits per heavy atom. The van der Waals surface area contributed by atoms with Crippen LogP contribution in [0.25, 0.3) is 0 Å². The number of carbonyl (C=O) groups is 2. The van der Waals surface area contributed by atoms with Crippen LogP contribution in [0.4, 0.5) is 10.5 Å². The third-order valence-electron chi connectivity index (χ3n) is 3.03. The summed E-state index contributed by atoms with van der Waals surface area (Å²) in [6, 6.07) is 16.1. The van der Waals surface area contributed by atoms with Crippen molar-refractivity contribution >= 4 is 29.4 Å². The fourth-order valence-corrected chi connectivity index (χ4v) is 2.80. The van der Waals surface area contributed by atoms with Crippen molar-refractivity contribution in [3.8, 4) is 0 Å². The molecule has 5 nitrogen and oxygen atoms in total. The van der Waals surface area contributed by atoms with Gasteiger partial charge in [0.05, 0.1) is 0 Å². The molecule has 0 radical (unpaired) electrons. The minimum absolute atomic E-state index is 0.125. The lowest BCUT2D eigenvalue weighted by Gasteiger charge is -2.06. The molecule has 0 aliphatic carbocycles. The minimum atomic E-state index is -0.627. The first-order valence-electron chi connectivity index (χ1n) is 7.28. The van der Waals surface area contributed by atoms with Gasteiger partial charge in [0.1, 0.15) is 0 Å². The molecule has 0 fully saturated rings. The molecule has 0 aliphatic rings. The Balaban J connectivity index is 1.69. The topological polar surface area (TPSA) is 84.2 Å². The van der Waals surface area contributed by atoms with Gasteiger partial charge in [0, 0.05) is 22.7 Å². The fraction of sp³-hybridized carbons (Fsp3) is 0.176. The highest BCUT2D eigenvalue weighted by molar-refractivity contribution is 7.99. The summed E-state index contributed by atoms with van der Waals surface area (Å²) >= 11 is 1.77. The van der Waals surface area contributed by atoms with Gasteiger partial charge in [0.2, 0.25) is 0 Å². The van der Waals surface area contributed by atoms with E-state index < -0.39 is 6.03 Å². The lowest BCUT2D eigenvalue weighted by atomic mass is 10.2. The Kier molecular flexibility index (Phi) is 6.50. The Morgan fingerprint density at radius 3 is 2.35 bits per heavy atom. The van der Waals surface area contributed by atoms with E-state index in [1.54, 1.807) is 36.0 Å². The van der Waals surface area contributed by atoms with Crippen molar-refractivity contribution in [2.45, 2.75) is 11.3 Å². The number of hydrogen-bond acceptors (Lipinski definition) is 3. The smallest absolute Gasteiger partial charge is 0.316 e. The van der Waals surface area contributed by atoms with E-state index in [-0.39, 0.29) is 5.91 Å². The van der Waals surface area contributed by atoms with Crippen LogP contribution in [0.1, 0.15) is 16.8 Å². The molecule has 0 saturated heterocycles. The second-order valence-corrected chi connectivity index (χ2v) is 6.01. The molecule has 120 valence electrons. The first-order chi connectivity index (χ1) is 11.1. The summed E-state index contributed by atoms with van der Waals surface area (Å²) in [5.41, 5.74) is 6.14. The van der Waals surface area contributed by atoms with Gasteiger partial charge in [-0.3, -0.25) is 4.79 Å². The van der Waals surface area contributed by atoms with Crippen molar-refractivity contribution in [2.24, 2.45) is 5.73 Å². The van der Waals surface area contributed by atoms with Gasteiger partial charge in [-0.2, -0.15) is 0 Å². The molecule has 3 amide bonds. The number of hydrogen-bond donors (Lipinski definition) is 3. The Bertz CT molecular complexity index is 645. The average molecular weight is 329 g/mol. The molecule has 2 rings (SSSR count). The van der Waals surface area contributed by atoms with Crippen molar-refractivity contribution in [1.82, 2.24) is 5.32 Å². The van der Waals surface area contributed by atoms with Gasteiger partial charge in [-0.1, -0.05) is 18.2 Å². The van der Waals surface area contributed by atoms with Crippen LogP contribution in [0.15, 0.2) is 59.5 Å². The molecule has 0 saturated carbocycles. The lowest BCUT2D eigenvalue weighted by molar-refractivity contribution is 0.0954. The van der Waals surface area contributed by atoms with Crippen molar-refractivity contribution in [1.29, 1.82) is 0 Å². The van der Waals surface area contributed by atoms with Gasteiger partial charge in [-0.25, -0.2) is 4.79 Å². The Morgan fingerprint density at radius 2 is 1.70 bits per heavy atom. The van der Waals surface area contributed by atoms with Crippen LogP contribution in [0.3, 0.4) is 0 Å². The van der Waals surface area contributed by atoms with Gasteiger partial charge < -0.3 is 16.4 Å². The predicted octanol–water partition coefficient (Wildman–Crippen LogP) is 3.09. The quantitative estimate of drug-likeness (QED) is 0.539. The minimum Gasteiger partial charge on any atom is -0.352 e. The summed E-state index contributed by atoms with van der Waals surface area (Å²) in [5, 5.41) is 5.33. The van der Waals surface area contributed by atoms with E-state index in [1.165, 1.54) is 4.90 Å². The second kappa shape index (κ2) is 8.85. The molecule has 2 aromatic rings. The number of nitrogens with two attached hydrogens (primary N) is 1. The average Bonchev–Trinajstić information content (AvgIpc) is 2.55. The fourth-order valence-electron chi connectivity index (χ4n) is 1.93. The van der Waals surface area contributed by atoms with Crippen LogP contribution >= 0.6 is 11.8 Å². The monoisotopic (exact) mass is 329 g/mol. The number of amides is 3. The second-order valence-electron chi connectivity index (χ2n) is 4.84. The molecule has 0 unspecified atom stereocenters. The molecule has 0 heterocycles. The molecule has 0 atom stereocenters. The van der Waals surface area contributed by atoms with Crippen LogP contribution in [-0.4, -0.2) is 24.2 Å². The van der Waals surface area contributed by atoms with Crippen molar-refractivity contribution in [3.05, 3.63) is 60.2 Å². The Hall–Kier alpha value is -2.47. The SMILES string of the molecule is NC(=O)Nc1ccc(C(=O)NCCCSc2ccccc2)cc1. The highest BCUT2D eigenvalue weighted by Gasteiger charge is 2.05. The zero-order valence-electron chi connectivity index (χ0n) is 12.6. The normalized spacial score (nSPS) is 10.1. The first kappa shape index (κ1) is 16.9. The molecule has 4 N–H and O–H groups in total. The van der Waals surface area contributed by atoms with Crippen LogP contribution in [-0.2, 0) is 0 Å². The third kappa shape index (κ3) is 6.04. The maximum Gasteiger partial charge on any atom is 0.316 e. The number of anilines is 1. The number of thioether (sulfide) groups is 1. The van der Waals surface area contributed by atoms with E-state index in [0.717, 1.165) is 12.2 Å². The van der Waals surface area contributed by atoms with E-state index in [2.05, 4.69) is 22.8 Å². The highest BCUT2D eigenvalue weighted by Crippen LogP contribution is 2.17. The zero-order chi connectivity index (χ0) is 16.5. The summed E-state index contributed by atoms with van der Waals surface area (Å²) in [4.78, 5) is 23.9. The molecular formula is C17H19N3O2S. The molecule has 0 spiro atoms. The maximum absolute atomic E-state index is 12.0. The number of carbonyl (C=O) groups excluding carboxylic acids is 2. The summed E-state index contributed by atoms with van der Waals surface area (Å²) in [6.45, 7) is 0.625. The summed E-state index contributed by atoms with van der Waals surface area (Å²) < 4.78 is 0. The number of rotatable bonds is 7. The van der Waals surface area contributed by atoms with E-state index >= 15 is 0 Å². The van der Waals surface area contributed by atoms with Gasteiger partial charge in [0.25, 0.3) is 5.91 Å². The van der Waals surface area contributed by atoms with Gasteiger partial charge >= 0.3 is 6.03 Å². The number of benzene rings is 2. The standard InChI is InChI=1S/C17H19N3O2S/c18-17(22)20-14-9-7-13(8-10-14)16(21)19-11-4-12-23-15-5-2-1-3-6-15/h1-3,5-10H,4,11-12H2,(H,19,21)(H3,18,20,22). The Labute approximate surface area is 139 Å². The number of urea groups is 1.